The SMILES string of the molecule is CCCOc1cc(C)ccc1NCc1ccc(Br)cc1. The summed E-state index contributed by atoms with van der Waals surface area (Å²) in [6.45, 7) is 5.73. The van der Waals surface area contributed by atoms with Gasteiger partial charge in [-0.3, -0.25) is 0 Å². The van der Waals surface area contributed by atoms with Crippen LogP contribution in [0.3, 0.4) is 0 Å². The highest BCUT2D eigenvalue weighted by Gasteiger charge is 2.04. The predicted octanol–water partition coefficient (Wildman–Crippen LogP) is 5.16. The Balaban J connectivity index is 2.06. The van der Waals surface area contributed by atoms with Crippen molar-refractivity contribution in [3.63, 3.8) is 0 Å². The molecule has 0 aromatic heterocycles. The number of ether oxygens (including phenoxy) is 1. The molecule has 2 aromatic rings. The number of halogens is 1. The Labute approximate surface area is 129 Å². The summed E-state index contributed by atoms with van der Waals surface area (Å²) < 4.78 is 6.91. The van der Waals surface area contributed by atoms with Crippen molar-refractivity contribution < 1.29 is 4.74 Å². The van der Waals surface area contributed by atoms with E-state index in [0.717, 1.165) is 35.5 Å². The minimum atomic E-state index is 0.746. The Morgan fingerprint density at radius 2 is 1.85 bits per heavy atom. The van der Waals surface area contributed by atoms with Crippen molar-refractivity contribution in [3.05, 3.63) is 58.1 Å². The van der Waals surface area contributed by atoms with Crippen LogP contribution < -0.4 is 10.1 Å². The van der Waals surface area contributed by atoms with Crippen molar-refractivity contribution in [2.45, 2.75) is 26.8 Å². The zero-order valence-corrected chi connectivity index (χ0v) is 13.5. The minimum Gasteiger partial charge on any atom is -0.491 e. The monoisotopic (exact) mass is 333 g/mol. The molecule has 1 N–H and O–H groups in total. The summed E-state index contributed by atoms with van der Waals surface area (Å²) in [5.74, 6) is 0.934. The zero-order chi connectivity index (χ0) is 14.4. The molecule has 0 heterocycles. The first-order chi connectivity index (χ1) is 9.69. The molecule has 0 saturated carbocycles. The van der Waals surface area contributed by atoms with Gasteiger partial charge in [-0.15, -0.1) is 0 Å². The number of nitrogens with one attached hydrogen (secondary N) is 1. The first kappa shape index (κ1) is 14.9. The Morgan fingerprint density at radius 3 is 2.55 bits per heavy atom. The molecule has 106 valence electrons. The molecule has 0 saturated heterocycles. The number of hydrogen-bond donors (Lipinski definition) is 1. The third-order valence-corrected chi connectivity index (χ3v) is 3.52. The van der Waals surface area contributed by atoms with E-state index in [2.05, 4.69) is 77.6 Å². The topological polar surface area (TPSA) is 21.3 Å². The molecule has 0 amide bonds. The molecule has 20 heavy (non-hydrogen) atoms. The lowest BCUT2D eigenvalue weighted by Gasteiger charge is -2.14. The fourth-order valence-electron chi connectivity index (χ4n) is 1.91. The molecular formula is C17H20BrNO. The number of benzene rings is 2. The molecule has 0 aliphatic rings. The minimum absolute atomic E-state index is 0.746. The van der Waals surface area contributed by atoms with Gasteiger partial charge in [-0.25, -0.2) is 0 Å². The van der Waals surface area contributed by atoms with Crippen molar-refractivity contribution in [2.24, 2.45) is 0 Å². The molecule has 3 heteroatoms. The lowest BCUT2D eigenvalue weighted by Crippen LogP contribution is -2.03. The Hall–Kier alpha value is -1.48. The largest absolute Gasteiger partial charge is 0.491 e. The Bertz CT molecular complexity index is 551. The maximum Gasteiger partial charge on any atom is 0.142 e. The van der Waals surface area contributed by atoms with Crippen LogP contribution >= 0.6 is 15.9 Å². The number of anilines is 1. The highest BCUT2D eigenvalue weighted by molar-refractivity contribution is 9.10. The first-order valence-electron chi connectivity index (χ1n) is 6.91. The molecule has 0 aliphatic carbocycles. The van der Waals surface area contributed by atoms with Gasteiger partial charge in [0.05, 0.1) is 12.3 Å². The molecule has 0 spiro atoms. The summed E-state index contributed by atoms with van der Waals surface area (Å²) in [5, 5.41) is 3.44. The fourth-order valence-corrected chi connectivity index (χ4v) is 2.17. The van der Waals surface area contributed by atoms with E-state index in [-0.39, 0.29) is 0 Å². The molecule has 0 bridgehead atoms. The standard InChI is InChI=1S/C17H20BrNO/c1-3-10-20-17-11-13(2)4-9-16(17)19-12-14-5-7-15(18)8-6-14/h4-9,11,19H,3,10,12H2,1-2H3. The molecule has 0 atom stereocenters. The van der Waals surface area contributed by atoms with Crippen molar-refractivity contribution in [1.82, 2.24) is 0 Å². The van der Waals surface area contributed by atoms with Crippen LogP contribution in [0.1, 0.15) is 24.5 Å². The quantitative estimate of drug-likeness (QED) is 0.788. The highest BCUT2D eigenvalue weighted by atomic mass is 79.9. The van der Waals surface area contributed by atoms with E-state index in [1.165, 1.54) is 11.1 Å². The summed E-state index contributed by atoms with van der Waals surface area (Å²) in [6, 6.07) is 14.6. The van der Waals surface area contributed by atoms with Crippen LogP contribution in [-0.4, -0.2) is 6.61 Å². The van der Waals surface area contributed by atoms with Crippen LogP contribution in [0.2, 0.25) is 0 Å². The van der Waals surface area contributed by atoms with Crippen LogP contribution in [0.5, 0.6) is 5.75 Å². The van der Waals surface area contributed by atoms with Gasteiger partial charge in [0.2, 0.25) is 0 Å². The summed E-state index contributed by atoms with van der Waals surface area (Å²) in [6.07, 6.45) is 1.01. The molecule has 0 radical (unpaired) electrons. The second-order valence-electron chi connectivity index (χ2n) is 4.83. The normalized spacial score (nSPS) is 10.3. The molecule has 2 aromatic carbocycles. The second-order valence-corrected chi connectivity index (χ2v) is 5.74. The maximum absolute atomic E-state index is 5.80. The smallest absolute Gasteiger partial charge is 0.142 e. The average Bonchev–Trinajstić information content (AvgIpc) is 2.46. The van der Waals surface area contributed by atoms with Crippen LogP contribution in [0, 0.1) is 6.92 Å². The van der Waals surface area contributed by atoms with Gasteiger partial charge < -0.3 is 10.1 Å². The van der Waals surface area contributed by atoms with Crippen LogP contribution in [0.25, 0.3) is 0 Å². The number of hydrogen-bond acceptors (Lipinski definition) is 2. The lowest BCUT2D eigenvalue weighted by atomic mass is 10.2. The van der Waals surface area contributed by atoms with Gasteiger partial charge >= 0.3 is 0 Å². The van der Waals surface area contributed by atoms with Crippen LogP contribution in [0.15, 0.2) is 46.9 Å². The van der Waals surface area contributed by atoms with Crippen LogP contribution in [-0.2, 0) is 6.54 Å². The maximum atomic E-state index is 5.80. The third kappa shape index (κ3) is 4.27. The van der Waals surface area contributed by atoms with E-state index in [1.54, 1.807) is 0 Å². The highest BCUT2D eigenvalue weighted by Crippen LogP contribution is 2.26. The van der Waals surface area contributed by atoms with E-state index in [9.17, 15) is 0 Å². The Kier molecular flexibility index (Phi) is 5.48. The fraction of sp³-hybridized carbons (Fsp3) is 0.294. The van der Waals surface area contributed by atoms with Crippen molar-refractivity contribution in [2.75, 3.05) is 11.9 Å². The average molecular weight is 334 g/mol. The molecule has 0 fully saturated rings. The predicted molar refractivity (Wildman–Crippen MR) is 88.4 cm³/mol. The molecule has 0 unspecified atom stereocenters. The number of aryl methyl sites for hydroxylation is 1. The van der Waals surface area contributed by atoms with Crippen molar-refractivity contribution >= 4 is 21.6 Å². The summed E-state index contributed by atoms with van der Waals surface area (Å²) in [4.78, 5) is 0. The second kappa shape index (κ2) is 7.34. The van der Waals surface area contributed by atoms with Crippen molar-refractivity contribution in [3.8, 4) is 5.75 Å². The summed E-state index contributed by atoms with van der Waals surface area (Å²) in [7, 11) is 0. The van der Waals surface area contributed by atoms with E-state index >= 15 is 0 Å². The third-order valence-electron chi connectivity index (χ3n) is 3.00. The van der Waals surface area contributed by atoms with Gasteiger partial charge in [0, 0.05) is 11.0 Å². The van der Waals surface area contributed by atoms with Gasteiger partial charge in [-0.05, 0) is 48.7 Å². The van der Waals surface area contributed by atoms with Gasteiger partial charge in [0.15, 0.2) is 0 Å². The van der Waals surface area contributed by atoms with E-state index < -0.39 is 0 Å². The molecule has 0 aliphatic heterocycles. The Morgan fingerprint density at radius 1 is 1.10 bits per heavy atom. The van der Waals surface area contributed by atoms with E-state index in [4.69, 9.17) is 4.74 Å². The lowest BCUT2D eigenvalue weighted by molar-refractivity contribution is 0.318. The molecule has 2 nitrogen and oxygen atoms in total. The van der Waals surface area contributed by atoms with Gasteiger partial charge in [0.25, 0.3) is 0 Å². The zero-order valence-electron chi connectivity index (χ0n) is 11.9. The number of rotatable bonds is 6. The first-order valence-corrected chi connectivity index (χ1v) is 7.70. The van der Waals surface area contributed by atoms with Gasteiger partial charge in [0.1, 0.15) is 5.75 Å². The van der Waals surface area contributed by atoms with Gasteiger partial charge in [-0.1, -0.05) is 41.1 Å². The molecule has 2 rings (SSSR count). The van der Waals surface area contributed by atoms with Gasteiger partial charge in [-0.2, -0.15) is 0 Å². The molecular weight excluding hydrogens is 314 g/mol. The summed E-state index contributed by atoms with van der Waals surface area (Å²) in [5.41, 5.74) is 3.51. The van der Waals surface area contributed by atoms with Crippen molar-refractivity contribution in [1.29, 1.82) is 0 Å². The van der Waals surface area contributed by atoms with Crippen LogP contribution in [0.4, 0.5) is 5.69 Å². The summed E-state index contributed by atoms with van der Waals surface area (Å²) >= 11 is 3.45. The van der Waals surface area contributed by atoms with E-state index in [1.807, 2.05) is 0 Å². The van der Waals surface area contributed by atoms with E-state index in [0.29, 0.717) is 0 Å².